The number of pyridine rings is 1. The van der Waals surface area contributed by atoms with Crippen LogP contribution in [0.3, 0.4) is 0 Å². The van der Waals surface area contributed by atoms with Crippen LogP contribution >= 0.6 is 23.2 Å². The van der Waals surface area contributed by atoms with E-state index >= 15 is 0 Å². The van der Waals surface area contributed by atoms with Gasteiger partial charge in [0.1, 0.15) is 23.5 Å². The number of aryl methyl sites for hydroxylation is 1. The monoisotopic (exact) mass is 699 g/mol. The van der Waals surface area contributed by atoms with E-state index in [0.717, 1.165) is 0 Å². The van der Waals surface area contributed by atoms with Crippen molar-refractivity contribution in [3.63, 3.8) is 0 Å². The van der Waals surface area contributed by atoms with Crippen molar-refractivity contribution in [1.29, 1.82) is 0 Å². The van der Waals surface area contributed by atoms with Crippen molar-refractivity contribution in [2.75, 3.05) is 30.9 Å². The highest BCUT2D eigenvalue weighted by Gasteiger charge is 2.34. The first-order valence-electron chi connectivity index (χ1n) is 15.2. The van der Waals surface area contributed by atoms with Crippen LogP contribution in [0.1, 0.15) is 80.8 Å². The Morgan fingerprint density at radius 2 is 1.77 bits per heavy atom. The number of rotatable bonds is 12. The SMILES string of the molecule is CCOC(=O)c1nn(-c2cnc(NCC(=O)OC(C)(C)C)nc2OC)c(C(C)C)c1C(Nc1cc(Cl)cn(C)c1=O)c1ccc(Cl)cc1. The fraction of sp³-hybridized carbons (Fsp3) is 0.394. The van der Waals surface area contributed by atoms with Gasteiger partial charge in [-0.25, -0.2) is 14.5 Å². The van der Waals surface area contributed by atoms with Crippen LogP contribution < -0.4 is 20.9 Å². The Balaban J connectivity index is 1.93. The molecule has 1 unspecified atom stereocenters. The summed E-state index contributed by atoms with van der Waals surface area (Å²) in [4.78, 5) is 48.0. The van der Waals surface area contributed by atoms with Crippen LogP contribution in [0.25, 0.3) is 5.69 Å². The van der Waals surface area contributed by atoms with Crippen molar-refractivity contribution in [1.82, 2.24) is 24.3 Å². The number of ether oxygens (including phenoxy) is 3. The maximum Gasteiger partial charge on any atom is 0.359 e. The lowest BCUT2D eigenvalue weighted by atomic mass is 9.92. The molecule has 0 aliphatic carbocycles. The van der Waals surface area contributed by atoms with E-state index < -0.39 is 23.6 Å². The molecular formula is C33H39Cl2N7O6. The summed E-state index contributed by atoms with van der Waals surface area (Å²) in [5.74, 6) is -1.18. The molecule has 48 heavy (non-hydrogen) atoms. The Morgan fingerprint density at radius 3 is 2.38 bits per heavy atom. The van der Waals surface area contributed by atoms with E-state index in [1.807, 2.05) is 13.8 Å². The number of carbonyl (C=O) groups is 2. The molecule has 0 saturated heterocycles. The summed E-state index contributed by atoms with van der Waals surface area (Å²) in [6.07, 6.45) is 2.98. The molecule has 0 bridgehead atoms. The van der Waals surface area contributed by atoms with Crippen molar-refractivity contribution in [3.05, 3.63) is 85.6 Å². The van der Waals surface area contributed by atoms with Crippen LogP contribution in [-0.4, -0.2) is 62.1 Å². The van der Waals surface area contributed by atoms with Gasteiger partial charge in [0.05, 0.1) is 36.7 Å². The lowest BCUT2D eigenvalue weighted by Gasteiger charge is -2.24. The average Bonchev–Trinajstić information content (AvgIpc) is 3.41. The second kappa shape index (κ2) is 15.1. The number of halogens is 2. The van der Waals surface area contributed by atoms with Gasteiger partial charge in [0.15, 0.2) is 5.69 Å². The van der Waals surface area contributed by atoms with E-state index in [0.29, 0.717) is 32.6 Å². The van der Waals surface area contributed by atoms with Gasteiger partial charge in [0.25, 0.3) is 5.56 Å². The van der Waals surface area contributed by atoms with Gasteiger partial charge in [-0.1, -0.05) is 49.2 Å². The third-order valence-electron chi connectivity index (χ3n) is 6.88. The second-order valence-electron chi connectivity index (χ2n) is 12.1. The van der Waals surface area contributed by atoms with Crippen molar-refractivity contribution >= 4 is 46.8 Å². The molecule has 3 heterocycles. The summed E-state index contributed by atoms with van der Waals surface area (Å²) in [6.45, 7) is 10.8. The molecule has 3 aromatic heterocycles. The first-order valence-corrected chi connectivity index (χ1v) is 15.9. The number of anilines is 2. The van der Waals surface area contributed by atoms with E-state index in [4.69, 9.17) is 42.5 Å². The molecular weight excluding hydrogens is 661 g/mol. The molecule has 0 aliphatic rings. The minimum absolute atomic E-state index is 0.000956. The van der Waals surface area contributed by atoms with Gasteiger partial charge in [-0.05, 0) is 57.4 Å². The Hall–Kier alpha value is -4.62. The van der Waals surface area contributed by atoms with Crippen molar-refractivity contribution in [3.8, 4) is 11.6 Å². The molecule has 0 aliphatic heterocycles. The first kappa shape index (κ1) is 36.2. The number of nitrogens with one attached hydrogen (secondary N) is 2. The minimum atomic E-state index is -0.805. The number of benzene rings is 1. The number of methoxy groups -OCH3 is 1. The molecule has 0 fully saturated rings. The summed E-state index contributed by atoms with van der Waals surface area (Å²) in [7, 11) is 3.03. The van der Waals surface area contributed by atoms with Gasteiger partial charge in [-0.3, -0.25) is 9.59 Å². The highest BCUT2D eigenvalue weighted by atomic mass is 35.5. The number of hydrogen-bond acceptors (Lipinski definition) is 11. The summed E-state index contributed by atoms with van der Waals surface area (Å²) >= 11 is 12.6. The van der Waals surface area contributed by atoms with Gasteiger partial charge in [-0.2, -0.15) is 10.1 Å². The lowest BCUT2D eigenvalue weighted by Crippen LogP contribution is -2.28. The van der Waals surface area contributed by atoms with Gasteiger partial charge in [0.2, 0.25) is 11.8 Å². The van der Waals surface area contributed by atoms with Gasteiger partial charge >= 0.3 is 11.9 Å². The van der Waals surface area contributed by atoms with Crippen molar-refractivity contribution in [2.45, 2.75) is 59.1 Å². The Kier molecular flexibility index (Phi) is 11.4. The van der Waals surface area contributed by atoms with Crippen LogP contribution in [0.4, 0.5) is 11.6 Å². The normalized spacial score (nSPS) is 12.1. The second-order valence-corrected chi connectivity index (χ2v) is 13.0. The van der Waals surface area contributed by atoms with E-state index in [9.17, 15) is 14.4 Å². The largest absolute Gasteiger partial charge is 0.479 e. The molecule has 4 rings (SSSR count). The minimum Gasteiger partial charge on any atom is -0.479 e. The van der Waals surface area contributed by atoms with E-state index in [1.54, 1.807) is 59.0 Å². The van der Waals surface area contributed by atoms with E-state index in [-0.39, 0.29) is 47.8 Å². The smallest absolute Gasteiger partial charge is 0.359 e. The number of nitrogens with zero attached hydrogens (tertiary/aromatic N) is 5. The van der Waals surface area contributed by atoms with Gasteiger partial charge in [-0.15, -0.1) is 0 Å². The van der Waals surface area contributed by atoms with Gasteiger partial charge in [0, 0.05) is 23.8 Å². The molecule has 0 spiro atoms. The highest BCUT2D eigenvalue weighted by molar-refractivity contribution is 6.31. The van der Waals surface area contributed by atoms with E-state index in [2.05, 4.69) is 20.6 Å². The Bertz CT molecular complexity index is 1850. The predicted molar refractivity (Wildman–Crippen MR) is 184 cm³/mol. The quantitative estimate of drug-likeness (QED) is 0.169. The molecule has 256 valence electrons. The maximum atomic E-state index is 13.6. The third-order valence-corrected chi connectivity index (χ3v) is 7.34. The van der Waals surface area contributed by atoms with Gasteiger partial charge < -0.3 is 29.4 Å². The van der Waals surface area contributed by atoms with Crippen LogP contribution in [-0.2, 0) is 21.3 Å². The number of hydrogen-bond donors (Lipinski definition) is 2. The van der Waals surface area contributed by atoms with Crippen molar-refractivity contribution in [2.24, 2.45) is 7.05 Å². The molecule has 15 heteroatoms. The summed E-state index contributed by atoms with van der Waals surface area (Å²) in [5.41, 5.74) is 1.24. The molecule has 1 aromatic carbocycles. The third kappa shape index (κ3) is 8.45. The van der Waals surface area contributed by atoms with Crippen LogP contribution in [0, 0.1) is 0 Å². The molecule has 0 radical (unpaired) electrons. The lowest BCUT2D eigenvalue weighted by molar-refractivity contribution is -0.152. The molecule has 0 saturated carbocycles. The highest BCUT2D eigenvalue weighted by Crippen LogP contribution is 2.38. The fourth-order valence-electron chi connectivity index (χ4n) is 4.99. The van der Waals surface area contributed by atoms with Crippen LogP contribution in [0.2, 0.25) is 10.0 Å². The Morgan fingerprint density at radius 1 is 1.08 bits per heavy atom. The van der Waals surface area contributed by atoms with Crippen molar-refractivity contribution < 1.29 is 23.8 Å². The van der Waals surface area contributed by atoms with E-state index in [1.165, 1.54) is 34.8 Å². The molecule has 4 aromatic rings. The Labute approximate surface area is 288 Å². The van der Waals surface area contributed by atoms with Crippen LogP contribution in [0.5, 0.6) is 5.88 Å². The number of carbonyl (C=O) groups excluding carboxylic acids is 2. The predicted octanol–water partition coefficient (Wildman–Crippen LogP) is 5.93. The molecule has 13 nitrogen and oxygen atoms in total. The average molecular weight is 701 g/mol. The summed E-state index contributed by atoms with van der Waals surface area (Å²) in [6, 6.07) is 7.73. The summed E-state index contributed by atoms with van der Waals surface area (Å²) in [5, 5.41) is 11.8. The standard InChI is InChI=1S/C33H39Cl2N7O6/c1-9-47-31(45)27-25(26(19-10-12-20(34)13-11-19)38-22-14-21(35)17-41(7)30(22)44)28(18(2)3)42(40-27)23-15-36-32(39-29(23)46-8)37-16-24(43)48-33(4,5)6/h10-15,17-18,26,38H,9,16H2,1-8H3,(H,36,37,39). The topological polar surface area (TPSA) is 151 Å². The van der Waals surface area contributed by atoms with Crippen LogP contribution in [0.15, 0.2) is 47.5 Å². The fourth-order valence-corrected chi connectivity index (χ4v) is 5.37. The number of aromatic nitrogens is 5. The number of esters is 2. The summed E-state index contributed by atoms with van der Waals surface area (Å²) < 4.78 is 19.4. The maximum absolute atomic E-state index is 13.6. The zero-order valence-electron chi connectivity index (χ0n) is 28.1. The molecule has 2 N–H and O–H groups in total. The zero-order chi connectivity index (χ0) is 35.3. The first-order chi connectivity index (χ1) is 22.6. The zero-order valence-corrected chi connectivity index (χ0v) is 29.6. The molecule has 0 amide bonds. The molecule has 1 atom stereocenters.